The van der Waals surface area contributed by atoms with E-state index in [9.17, 15) is 34.8 Å². The number of β-amino-alcohol motifs (C(OH)–C–C–N with tert-alkyl or cyclic N) is 2. The Balaban J connectivity index is 2.48. The Kier molecular flexibility index (Phi) is 13.8. The lowest BCUT2D eigenvalue weighted by molar-refractivity contribution is -0.516. The minimum absolute atomic E-state index is 0.0659. The van der Waals surface area contributed by atoms with Crippen LogP contribution in [0.5, 0.6) is 5.75 Å². The van der Waals surface area contributed by atoms with Crippen LogP contribution in [0.2, 0.25) is 0 Å². The highest BCUT2D eigenvalue weighted by molar-refractivity contribution is 5.72. The number of esters is 1. The molecule has 13 heteroatoms. The van der Waals surface area contributed by atoms with Gasteiger partial charge in [0.05, 0.1) is 39.4 Å². The molecule has 13 nitrogen and oxygen atoms in total. The average Bonchev–Trinajstić information content (AvgIpc) is 2.86. The molecule has 39 heavy (non-hydrogen) atoms. The number of methoxy groups -OCH3 is 1. The molecule has 0 spiro atoms. The van der Waals surface area contributed by atoms with E-state index in [2.05, 4.69) is 0 Å². The number of carbonyl (C=O) groups is 3. The highest BCUT2D eigenvalue weighted by atomic mass is 16.5. The van der Waals surface area contributed by atoms with Crippen molar-refractivity contribution in [2.45, 2.75) is 25.7 Å². The molecule has 218 valence electrons. The molecule has 1 atom stereocenters. The Hall–Kier alpha value is -3.10. The smallest absolute Gasteiger partial charge is 0.371 e. The molecule has 1 aliphatic heterocycles. The van der Waals surface area contributed by atoms with Crippen LogP contribution in [-0.2, 0) is 25.5 Å². The Morgan fingerprint density at radius 1 is 0.974 bits per heavy atom. The van der Waals surface area contributed by atoms with Gasteiger partial charge in [-0.2, -0.15) is 0 Å². The summed E-state index contributed by atoms with van der Waals surface area (Å²) in [6, 6.07) is 7.05. The largest absolute Gasteiger partial charge is 0.494 e. The van der Waals surface area contributed by atoms with Crippen LogP contribution in [0, 0.1) is 0 Å². The molecule has 0 aromatic heterocycles. The van der Waals surface area contributed by atoms with Crippen molar-refractivity contribution in [3.63, 3.8) is 0 Å². The maximum Gasteiger partial charge on any atom is 0.371 e. The lowest BCUT2D eigenvalue weighted by Gasteiger charge is -2.32. The van der Waals surface area contributed by atoms with Gasteiger partial charge in [-0.3, -0.25) is 24.3 Å². The molecule has 0 radical (unpaired) electrons. The van der Waals surface area contributed by atoms with E-state index in [1.165, 1.54) is 7.11 Å². The van der Waals surface area contributed by atoms with Crippen LogP contribution in [-0.4, -0.2) is 155 Å². The predicted molar refractivity (Wildman–Crippen MR) is 141 cm³/mol. The van der Waals surface area contributed by atoms with Gasteiger partial charge in [-0.25, -0.2) is 9.37 Å². The first kappa shape index (κ1) is 32.1. The lowest BCUT2D eigenvalue weighted by atomic mass is 10.0. The fourth-order valence-electron chi connectivity index (χ4n) is 4.43. The number of rotatable bonds is 12. The first-order valence-electron chi connectivity index (χ1n) is 13.0. The molecular weight excluding hydrogens is 512 g/mol. The number of aliphatic hydroxyl groups excluding tert-OH is 1. The maximum absolute atomic E-state index is 12.2. The van der Waals surface area contributed by atoms with E-state index in [1.807, 2.05) is 37.4 Å². The van der Waals surface area contributed by atoms with Crippen molar-refractivity contribution in [2.75, 3.05) is 79.2 Å². The van der Waals surface area contributed by atoms with Crippen LogP contribution >= 0.6 is 0 Å². The fraction of sp³-hybridized carbons (Fsp3) is 0.615. The van der Waals surface area contributed by atoms with E-state index in [-0.39, 0.29) is 32.7 Å². The zero-order valence-electron chi connectivity index (χ0n) is 22.6. The Morgan fingerprint density at radius 3 is 2.21 bits per heavy atom. The Morgan fingerprint density at radius 2 is 1.62 bits per heavy atom. The number of hydrogen-bond acceptors (Lipinski definition) is 10. The van der Waals surface area contributed by atoms with E-state index in [0.29, 0.717) is 45.8 Å². The van der Waals surface area contributed by atoms with Crippen molar-refractivity contribution in [3.05, 3.63) is 29.8 Å². The van der Waals surface area contributed by atoms with Crippen LogP contribution < -0.4 is 4.74 Å². The quantitative estimate of drug-likeness (QED) is 0.137. The van der Waals surface area contributed by atoms with E-state index in [4.69, 9.17) is 9.47 Å². The summed E-state index contributed by atoms with van der Waals surface area (Å²) < 4.78 is 12.1. The van der Waals surface area contributed by atoms with E-state index in [1.54, 1.807) is 19.3 Å². The standard InChI is InChI=1S/C26H40N4O9/c1-3-39-22-6-4-20(5-7-22)14-21-15-29(19-26(37)38-2)11-10-27(16-23(31)32)8-9-28(17-24(33)34)12-13-30(21)18-25(35)36/h4-7,15,21,24,33-34H,3,8-14,16-19H2,1-2H3,(H-,31,32,35,36)/p+1/t21-/m0/s1. The van der Waals surface area contributed by atoms with Crippen molar-refractivity contribution in [1.82, 2.24) is 14.7 Å². The van der Waals surface area contributed by atoms with Gasteiger partial charge in [0.2, 0.25) is 6.54 Å². The van der Waals surface area contributed by atoms with Gasteiger partial charge >= 0.3 is 17.9 Å². The van der Waals surface area contributed by atoms with Gasteiger partial charge in [-0.05, 0) is 31.0 Å². The normalized spacial score (nSPS) is 18.6. The van der Waals surface area contributed by atoms with Crippen molar-refractivity contribution in [1.29, 1.82) is 0 Å². The molecule has 1 aliphatic rings. The number of hydrogen-bond donors (Lipinski definition) is 4. The summed E-state index contributed by atoms with van der Waals surface area (Å²) in [6.07, 6.45) is 0.640. The molecule has 0 aliphatic carbocycles. The van der Waals surface area contributed by atoms with Crippen molar-refractivity contribution < 1.29 is 48.9 Å². The zero-order chi connectivity index (χ0) is 28.8. The number of nitrogens with zero attached hydrogens (tertiary/aromatic N) is 4. The third-order valence-corrected chi connectivity index (χ3v) is 6.35. The molecule has 1 heterocycles. The molecule has 0 unspecified atom stereocenters. The summed E-state index contributed by atoms with van der Waals surface area (Å²) in [7, 11) is 1.29. The predicted octanol–water partition coefficient (Wildman–Crippen LogP) is -1.35. The van der Waals surface area contributed by atoms with Crippen molar-refractivity contribution in [2.24, 2.45) is 0 Å². The summed E-state index contributed by atoms with van der Waals surface area (Å²) in [6.45, 7) is 3.66. The fourth-order valence-corrected chi connectivity index (χ4v) is 4.43. The second kappa shape index (κ2) is 16.8. The number of aliphatic carboxylic acids is 2. The Labute approximate surface area is 228 Å². The van der Waals surface area contributed by atoms with Gasteiger partial charge in [0.25, 0.3) is 0 Å². The molecular formula is C26H41N4O9+. The minimum Gasteiger partial charge on any atom is -0.494 e. The molecule has 0 bridgehead atoms. The van der Waals surface area contributed by atoms with Crippen molar-refractivity contribution in [3.8, 4) is 5.75 Å². The summed E-state index contributed by atoms with van der Waals surface area (Å²) in [4.78, 5) is 40.8. The summed E-state index contributed by atoms with van der Waals surface area (Å²) in [5.41, 5.74) is 0.926. The van der Waals surface area contributed by atoms with Crippen LogP contribution in [0.25, 0.3) is 0 Å². The third-order valence-electron chi connectivity index (χ3n) is 6.35. The van der Waals surface area contributed by atoms with Gasteiger partial charge in [0.1, 0.15) is 5.75 Å². The monoisotopic (exact) mass is 553 g/mol. The second-order valence-electron chi connectivity index (χ2n) is 9.36. The number of aliphatic hydroxyl groups is 2. The van der Waals surface area contributed by atoms with Gasteiger partial charge in [-0.15, -0.1) is 0 Å². The molecule has 2 rings (SSSR count). The second-order valence-corrected chi connectivity index (χ2v) is 9.36. The molecule has 0 amide bonds. The van der Waals surface area contributed by atoms with E-state index in [0.717, 1.165) is 11.3 Å². The Bertz CT molecular complexity index is 955. The summed E-state index contributed by atoms with van der Waals surface area (Å²) >= 11 is 0. The third kappa shape index (κ3) is 12.5. The van der Waals surface area contributed by atoms with E-state index < -0.39 is 30.2 Å². The van der Waals surface area contributed by atoms with Crippen molar-refractivity contribution >= 4 is 24.1 Å². The van der Waals surface area contributed by atoms with Crippen LogP contribution in [0.4, 0.5) is 0 Å². The van der Waals surface area contributed by atoms with Gasteiger partial charge in [0, 0.05) is 32.7 Å². The van der Waals surface area contributed by atoms with Gasteiger partial charge in [-0.1, -0.05) is 12.1 Å². The topological polar surface area (TPSA) is 163 Å². The first-order valence-corrected chi connectivity index (χ1v) is 13.0. The first-order chi connectivity index (χ1) is 18.6. The number of carboxylic acids is 2. The highest BCUT2D eigenvalue weighted by Crippen LogP contribution is 2.15. The average molecular weight is 554 g/mol. The number of ether oxygens (including phenoxy) is 2. The number of carbonyl (C=O) groups excluding carboxylic acids is 1. The van der Waals surface area contributed by atoms with E-state index >= 15 is 0 Å². The van der Waals surface area contributed by atoms with Gasteiger partial charge in [0.15, 0.2) is 19.0 Å². The minimum atomic E-state index is -1.60. The van der Waals surface area contributed by atoms with Gasteiger partial charge < -0.3 is 29.9 Å². The van der Waals surface area contributed by atoms with Crippen LogP contribution in [0.3, 0.4) is 0 Å². The summed E-state index contributed by atoms with van der Waals surface area (Å²) in [5, 5.41) is 38.3. The molecule has 0 saturated carbocycles. The number of benzene rings is 1. The maximum atomic E-state index is 12.2. The SMILES string of the molecule is CCOc1ccc(C[C@H]2C=[N+](CC(=O)OC)CCN(CC(=O)O)CCN(CC(O)O)CCN2CC(=O)O)cc1. The molecule has 1 aromatic rings. The summed E-state index contributed by atoms with van der Waals surface area (Å²) in [5.74, 6) is -1.78. The number of carboxylic acid groups (broad SMARTS) is 2. The molecule has 0 fully saturated rings. The molecule has 1 aromatic carbocycles. The zero-order valence-corrected chi connectivity index (χ0v) is 22.6. The van der Waals surface area contributed by atoms with Crippen LogP contribution in [0.15, 0.2) is 24.3 Å². The highest BCUT2D eigenvalue weighted by Gasteiger charge is 2.27. The molecule has 4 N–H and O–H groups in total. The molecule has 0 saturated heterocycles. The lowest BCUT2D eigenvalue weighted by Crippen LogP contribution is -2.50. The van der Waals surface area contributed by atoms with Crippen LogP contribution in [0.1, 0.15) is 12.5 Å².